The molecule has 0 aliphatic heterocycles. The molecule has 186 valence electrons. The topological polar surface area (TPSA) is 69.9 Å². The van der Waals surface area contributed by atoms with Crippen LogP contribution in [0.3, 0.4) is 0 Å². The fourth-order valence-electron chi connectivity index (χ4n) is 4.81. The molecule has 0 atom stereocenters. The smallest absolute Gasteiger partial charge is 0.244 e. The van der Waals surface area contributed by atoms with E-state index in [0.29, 0.717) is 23.9 Å². The van der Waals surface area contributed by atoms with Gasteiger partial charge in [-0.1, -0.05) is 31.7 Å². The van der Waals surface area contributed by atoms with Crippen LogP contribution in [0.1, 0.15) is 57.9 Å². The maximum atomic E-state index is 12.8. The zero-order valence-corrected chi connectivity index (χ0v) is 21.1. The third kappa shape index (κ3) is 5.64. The Labute approximate surface area is 207 Å². The molecule has 0 spiro atoms. The summed E-state index contributed by atoms with van der Waals surface area (Å²) in [6, 6.07) is 9.99. The molecule has 1 N–H and O–H groups in total. The van der Waals surface area contributed by atoms with Gasteiger partial charge in [-0.3, -0.25) is 4.79 Å². The first-order valence-electron chi connectivity index (χ1n) is 12.4. The molecule has 0 unspecified atom stereocenters. The fourth-order valence-corrected chi connectivity index (χ4v) is 4.81. The van der Waals surface area contributed by atoms with E-state index in [1.165, 1.54) is 25.7 Å². The Bertz CT molecular complexity index is 1200. The van der Waals surface area contributed by atoms with Gasteiger partial charge in [0, 0.05) is 34.7 Å². The number of methoxy groups -OCH3 is 2. The number of rotatable bonds is 8. The first-order chi connectivity index (χ1) is 17.0. The number of carbonyl (C=O) groups is 1. The number of hydrogen-bond donors (Lipinski definition) is 1. The van der Waals surface area contributed by atoms with Crippen molar-refractivity contribution in [2.75, 3.05) is 20.8 Å². The zero-order valence-electron chi connectivity index (χ0n) is 21.1. The first-order valence-corrected chi connectivity index (χ1v) is 12.4. The lowest BCUT2D eigenvalue weighted by molar-refractivity contribution is -0.117. The van der Waals surface area contributed by atoms with Crippen molar-refractivity contribution in [2.45, 2.75) is 58.4 Å². The lowest BCUT2D eigenvalue weighted by Crippen LogP contribution is -2.33. The fraction of sp³-hybridized carbons (Fsp3) is 0.414. The highest BCUT2D eigenvalue weighted by Crippen LogP contribution is 2.40. The van der Waals surface area contributed by atoms with E-state index in [1.807, 2.05) is 44.2 Å². The highest BCUT2D eigenvalue weighted by Gasteiger charge is 2.18. The third-order valence-electron chi connectivity index (χ3n) is 6.64. The number of benzene rings is 2. The average Bonchev–Trinajstić information content (AvgIpc) is 3.10. The predicted molar refractivity (Wildman–Crippen MR) is 139 cm³/mol. The summed E-state index contributed by atoms with van der Waals surface area (Å²) in [5.74, 6) is 1.96. The second-order valence-electron chi connectivity index (χ2n) is 9.02. The van der Waals surface area contributed by atoms with Gasteiger partial charge in [-0.05, 0) is 56.0 Å². The highest BCUT2D eigenvalue weighted by molar-refractivity contribution is 6.00. The van der Waals surface area contributed by atoms with Crippen molar-refractivity contribution in [3.05, 3.63) is 48.2 Å². The van der Waals surface area contributed by atoms with Crippen LogP contribution in [0.5, 0.6) is 17.2 Å². The number of hydrogen-bond acceptors (Lipinski definition) is 5. The summed E-state index contributed by atoms with van der Waals surface area (Å²) in [6.07, 6.45) is 10.4. The molecule has 1 aromatic heterocycles. The van der Waals surface area contributed by atoms with Crippen LogP contribution in [-0.2, 0) is 4.79 Å². The maximum absolute atomic E-state index is 12.8. The van der Waals surface area contributed by atoms with Crippen molar-refractivity contribution in [1.82, 2.24) is 5.32 Å². The quantitative estimate of drug-likeness (QED) is 0.287. The first kappa shape index (κ1) is 24.7. The van der Waals surface area contributed by atoms with E-state index < -0.39 is 0 Å². The number of nitrogens with one attached hydrogen (secondary N) is 1. The minimum absolute atomic E-state index is 0.0516. The van der Waals surface area contributed by atoms with Crippen molar-refractivity contribution in [2.24, 2.45) is 0 Å². The molecule has 3 aromatic rings. The van der Waals surface area contributed by atoms with Crippen LogP contribution in [-0.4, -0.2) is 32.8 Å². The van der Waals surface area contributed by atoms with Gasteiger partial charge < -0.3 is 23.9 Å². The van der Waals surface area contributed by atoms with Crippen molar-refractivity contribution in [3.63, 3.8) is 0 Å². The molecule has 0 radical (unpaired) electrons. The summed E-state index contributed by atoms with van der Waals surface area (Å²) in [6.45, 7) is 4.42. The van der Waals surface area contributed by atoms with E-state index in [1.54, 1.807) is 26.6 Å². The van der Waals surface area contributed by atoms with E-state index in [2.05, 4.69) is 5.32 Å². The molecule has 35 heavy (non-hydrogen) atoms. The van der Waals surface area contributed by atoms with Crippen LogP contribution in [0.4, 0.5) is 0 Å². The third-order valence-corrected chi connectivity index (χ3v) is 6.64. The Balaban J connectivity index is 1.69. The number of furan rings is 1. The van der Waals surface area contributed by atoms with Gasteiger partial charge >= 0.3 is 0 Å². The molecule has 6 nitrogen and oxygen atoms in total. The highest BCUT2D eigenvalue weighted by atomic mass is 16.5. The summed E-state index contributed by atoms with van der Waals surface area (Å²) in [4.78, 5) is 12.8. The maximum Gasteiger partial charge on any atom is 0.244 e. The number of amides is 1. The molecule has 0 bridgehead atoms. The van der Waals surface area contributed by atoms with E-state index in [9.17, 15) is 4.79 Å². The van der Waals surface area contributed by atoms with Crippen molar-refractivity contribution in [1.29, 1.82) is 0 Å². The molecule has 4 rings (SSSR count). The average molecular weight is 478 g/mol. The van der Waals surface area contributed by atoms with Gasteiger partial charge in [0.05, 0.1) is 27.1 Å². The molecule has 1 aliphatic carbocycles. The van der Waals surface area contributed by atoms with Gasteiger partial charge in [0.2, 0.25) is 5.91 Å². The van der Waals surface area contributed by atoms with Gasteiger partial charge in [-0.25, -0.2) is 0 Å². The minimum Gasteiger partial charge on any atom is -0.493 e. The Morgan fingerprint density at radius 3 is 2.46 bits per heavy atom. The van der Waals surface area contributed by atoms with Crippen LogP contribution < -0.4 is 19.5 Å². The van der Waals surface area contributed by atoms with E-state index in [-0.39, 0.29) is 11.9 Å². The Morgan fingerprint density at radius 2 is 1.77 bits per heavy atom. The normalized spacial score (nSPS) is 15.0. The SMILES string of the molecule is CCOc1cc2occ(-c3ccc(OC)c(OC)c3)c2cc1/C(C)=C/C(=O)NC1CCCCCC1. The van der Waals surface area contributed by atoms with Gasteiger partial charge in [0.1, 0.15) is 11.3 Å². The molecular formula is C29H35NO5. The van der Waals surface area contributed by atoms with Crippen LogP contribution in [0.2, 0.25) is 0 Å². The standard InChI is InChI=1S/C29H35NO5/c1-5-34-26-17-27-23(24(18-35-27)20-12-13-25(32-3)28(15-20)33-4)16-22(26)19(2)14-29(31)30-21-10-8-6-7-9-11-21/h12-18,21H,5-11H2,1-4H3,(H,30,31)/b19-14+. The Hall–Kier alpha value is -3.41. The molecule has 6 heteroatoms. The van der Waals surface area contributed by atoms with Gasteiger partial charge in [-0.2, -0.15) is 0 Å². The number of allylic oxidation sites excluding steroid dienone is 1. The molecular weight excluding hydrogens is 442 g/mol. The summed E-state index contributed by atoms with van der Waals surface area (Å²) in [5, 5.41) is 4.14. The second-order valence-corrected chi connectivity index (χ2v) is 9.02. The van der Waals surface area contributed by atoms with E-state index >= 15 is 0 Å². The minimum atomic E-state index is -0.0516. The largest absolute Gasteiger partial charge is 0.493 e. The van der Waals surface area contributed by atoms with Gasteiger partial charge in [0.25, 0.3) is 0 Å². The van der Waals surface area contributed by atoms with Crippen LogP contribution in [0, 0.1) is 0 Å². The lowest BCUT2D eigenvalue weighted by Gasteiger charge is -2.16. The van der Waals surface area contributed by atoms with Gasteiger partial charge in [0.15, 0.2) is 11.5 Å². The summed E-state index contributed by atoms with van der Waals surface area (Å²) >= 11 is 0. The molecule has 1 amide bonds. The van der Waals surface area contributed by atoms with E-state index in [4.69, 9.17) is 18.6 Å². The summed E-state index contributed by atoms with van der Waals surface area (Å²) in [7, 11) is 3.24. The van der Waals surface area contributed by atoms with Crippen molar-refractivity contribution in [3.8, 4) is 28.4 Å². The Kier molecular flexibility index (Phi) is 8.01. The molecule has 1 fully saturated rings. The predicted octanol–water partition coefficient (Wildman–Crippen LogP) is 6.76. The molecule has 1 heterocycles. The number of ether oxygens (including phenoxy) is 3. The lowest BCUT2D eigenvalue weighted by atomic mass is 9.99. The van der Waals surface area contributed by atoms with Crippen LogP contribution in [0.15, 0.2) is 47.1 Å². The van der Waals surface area contributed by atoms with Crippen LogP contribution in [0.25, 0.3) is 27.7 Å². The Morgan fingerprint density at radius 1 is 1.03 bits per heavy atom. The summed E-state index contributed by atoms with van der Waals surface area (Å²) < 4.78 is 22.7. The number of carbonyl (C=O) groups excluding carboxylic acids is 1. The molecule has 2 aromatic carbocycles. The molecule has 1 saturated carbocycles. The van der Waals surface area contributed by atoms with Crippen LogP contribution >= 0.6 is 0 Å². The summed E-state index contributed by atoms with van der Waals surface area (Å²) in [5.41, 5.74) is 4.32. The van der Waals surface area contributed by atoms with Gasteiger partial charge in [-0.15, -0.1) is 0 Å². The zero-order chi connectivity index (χ0) is 24.8. The number of fused-ring (bicyclic) bond motifs is 1. The van der Waals surface area contributed by atoms with Crippen molar-refractivity contribution < 1.29 is 23.4 Å². The molecule has 1 aliphatic rings. The van der Waals surface area contributed by atoms with E-state index in [0.717, 1.165) is 46.1 Å². The second kappa shape index (κ2) is 11.3. The van der Waals surface area contributed by atoms with Crippen molar-refractivity contribution >= 4 is 22.4 Å². The monoisotopic (exact) mass is 477 g/mol. The molecule has 0 saturated heterocycles.